The first-order valence-corrected chi connectivity index (χ1v) is 8.43. The van der Waals surface area contributed by atoms with E-state index in [2.05, 4.69) is 0 Å². The Morgan fingerprint density at radius 1 is 1.27 bits per heavy atom. The number of fused-ring (bicyclic) bond motifs is 1. The predicted molar refractivity (Wildman–Crippen MR) is 86.1 cm³/mol. The first kappa shape index (κ1) is 15.6. The lowest BCUT2D eigenvalue weighted by molar-refractivity contribution is 0.0682. The second-order valence-corrected chi connectivity index (χ2v) is 7.14. The Morgan fingerprint density at radius 2 is 2.05 bits per heavy atom. The molecule has 3 rings (SSSR count). The Balaban J connectivity index is 1.62. The van der Waals surface area contributed by atoms with Crippen molar-refractivity contribution in [2.45, 2.75) is 44.0 Å². The number of hydrogen-bond acceptors (Lipinski definition) is 5. The molecule has 1 fully saturated rings. The molecule has 1 saturated carbocycles. The van der Waals surface area contributed by atoms with Crippen LogP contribution in [0, 0.1) is 5.92 Å². The van der Waals surface area contributed by atoms with Crippen LogP contribution in [0.15, 0.2) is 30.3 Å². The highest BCUT2D eigenvalue weighted by Crippen LogP contribution is 2.31. The van der Waals surface area contributed by atoms with E-state index in [0.717, 1.165) is 10.1 Å². The molecule has 1 aromatic carbocycles. The third kappa shape index (κ3) is 3.22. The number of aliphatic hydroxyl groups is 3. The molecular formula is C17H20O4S. The Labute approximate surface area is 133 Å². The van der Waals surface area contributed by atoms with Gasteiger partial charge in [-0.3, -0.25) is 4.79 Å². The van der Waals surface area contributed by atoms with Gasteiger partial charge in [-0.1, -0.05) is 18.2 Å². The van der Waals surface area contributed by atoms with Gasteiger partial charge in [0.15, 0.2) is 0 Å². The van der Waals surface area contributed by atoms with Crippen LogP contribution in [0.5, 0.6) is 0 Å². The van der Waals surface area contributed by atoms with Gasteiger partial charge in [0.2, 0.25) is 5.78 Å². The fourth-order valence-corrected chi connectivity index (χ4v) is 4.21. The van der Waals surface area contributed by atoms with Crippen LogP contribution in [0.4, 0.5) is 0 Å². The highest BCUT2D eigenvalue weighted by atomic mass is 32.1. The Bertz CT molecular complexity index is 632. The summed E-state index contributed by atoms with van der Waals surface area (Å²) in [6.07, 6.45) is -0.219. The molecule has 0 bridgehead atoms. The number of Topliss-reactive ketones (excluding diaryl/α,β-unsaturated/α-hetero) is 1. The Kier molecular flexibility index (Phi) is 4.59. The molecule has 0 saturated heterocycles. The van der Waals surface area contributed by atoms with Crippen molar-refractivity contribution in [3.05, 3.63) is 35.2 Å². The summed E-state index contributed by atoms with van der Waals surface area (Å²) in [6, 6.07) is 9.58. The molecule has 0 amide bonds. The van der Waals surface area contributed by atoms with Crippen LogP contribution in [-0.4, -0.2) is 39.4 Å². The maximum Gasteiger partial charge on any atom is 0.201 e. The molecule has 118 valence electrons. The predicted octanol–water partition coefficient (Wildman–Crippen LogP) is 2.36. The zero-order valence-electron chi connectivity index (χ0n) is 12.2. The van der Waals surface area contributed by atoms with Gasteiger partial charge in [-0.2, -0.15) is 0 Å². The molecule has 1 aliphatic carbocycles. The summed E-state index contributed by atoms with van der Waals surface area (Å²) < 4.78 is 1.03. The van der Waals surface area contributed by atoms with Crippen LogP contribution in [0.3, 0.4) is 0 Å². The lowest BCUT2D eigenvalue weighted by Gasteiger charge is -2.15. The average molecular weight is 320 g/mol. The molecule has 0 spiro atoms. The van der Waals surface area contributed by atoms with Gasteiger partial charge in [-0.15, -0.1) is 11.3 Å². The van der Waals surface area contributed by atoms with Crippen molar-refractivity contribution in [1.82, 2.24) is 0 Å². The molecule has 3 N–H and O–H groups in total. The van der Waals surface area contributed by atoms with Crippen molar-refractivity contribution in [2.24, 2.45) is 5.92 Å². The Hall–Kier alpha value is -1.27. The third-order valence-electron chi connectivity index (χ3n) is 4.41. The number of benzene rings is 1. The monoisotopic (exact) mass is 320 g/mol. The van der Waals surface area contributed by atoms with Gasteiger partial charge < -0.3 is 15.3 Å². The molecule has 1 aliphatic rings. The minimum Gasteiger partial charge on any atom is -0.393 e. The SMILES string of the molecule is O=C(c1cc2ccccc2s1)C(O)CCC1C[C@@H](O)C[C@H]1O. The third-order valence-corrected chi connectivity index (χ3v) is 5.55. The van der Waals surface area contributed by atoms with Crippen LogP contribution in [0.2, 0.25) is 0 Å². The van der Waals surface area contributed by atoms with Crippen LogP contribution in [0.25, 0.3) is 10.1 Å². The van der Waals surface area contributed by atoms with Gasteiger partial charge in [0.25, 0.3) is 0 Å². The Morgan fingerprint density at radius 3 is 2.73 bits per heavy atom. The zero-order chi connectivity index (χ0) is 15.7. The summed E-state index contributed by atoms with van der Waals surface area (Å²) >= 11 is 1.39. The molecule has 0 radical (unpaired) electrons. The maximum atomic E-state index is 12.3. The fraction of sp³-hybridized carbons (Fsp3) is 0.471. The van der Waals surface area contributed by atoms with E-state index >= 15 is 0 Å². The lowest BCUT2D eigenvalue weighted by Crippen LogP contribution is -2.22. The molecular weight excluding hydrogens is 300 g/mol. The molecule has 0 aliphatic heterocycles. The van der Waals surface area contributed by atoms with Crippen LogP contribution < -0.4 is 0 Å². The first-order valence-electron chi connectivity index (χ1n) is 7.61. The van der Waals surface area contributed by atoms with E-state index in [9.17, 15) is 20.1 Å². The van der Waals surface area contributed by atoms with Gasteiger partial charge in [-0.25, -0.2) is 0 Å². The van der Waals surface area contributed by atoms with Crippen molar-refractivity contribution in [2.75, 3.05) is 0 Å². The second-order valence-electron chi connectivity index (χ2n) is 6.06. The molecule has 2 unspecified atom stereocenters. The van der Waals surface area contributed by atoms with Crippen molar-refractivity contribution < 1.29 is 20.1 Å². The van der Waals surface area contributed by atoms with E-state index in [4.69, 9.17) is 0 Å². The number of carbonyl (C=O) groups excluding carboxylic acids is 1. The number of ketones is 1. The topological polar surface area (TPSA) is 77.8 Å². The fourth-order valence-electron chi connectivity index (χ4n) is 3.15. The molecule has 1 aromatic heterocycles. The molecule has 5 heteroatoms. The molecule has 1 heterocycles. The minimum atomic E-state index is -1.04. The van der Waals surface area contributed by atoms with E-state index < -0.39 is 18.3 Å². The largest absolute Gasteiger partial charge is 0.393 e. The van der Waals surface area contributed by atoms with Gasteiger partial charge >= 0.3 is 0 Å². The number of carbonyl (C=O) groups is 1. The van der Waals surface area contributed by atoms with Crippen LogP contribution >= 0.6 is 11.3 Å². The summed E-state index contributed by atoms with van der Waals surface area (Å²) in [5.41, 5.74) is 0. The number of rotatable bonds is 5. The number of aliphatic hydroxyl groups excluding tert-OH is 3. The summed E-state index contributed by atoms with van der Waals surface area (Å²) in [7, 11) is 0. The van der Waals surface area contributed by atoms with E-state index in [1.54, 1.807) is 0 Å². The number of hydrogen-bond donors (Lipinski definition) is 3. The van der Waals surface area contributed by atoms with E-state index in [0.29, 0.717) is 30.6 Å². The highest BCUT2D eigenvalue weighted by Gasteiger charge is 2.32. The van der Waals surface area contributed by atoms with Crippen LogP contribution in [0.1, 0.15) is 35.4 Å². The summed E-state index contributed by atoms with van der Waals surface area (Å²) in [5, 5.41) is 30.4. The lowest BCUT2D eigenvalue weighted by atomic mass is 9.96. The smallest absolute Gasteiger partial charge is 0.201 e. The molecule has 4 nitrogen and oxygen atoms in total. The number of thiophene rings is 1. The van der Waals surface area contributed by atoms with Crippen molar-refractivity contribution in [3.63, 3.8) is 0 Å². The summed E-state index contributed by atoms with van der Waals surface area (Å²) in [4.78, 5) is 12.9. The quantitative estimate of drug-likeness (QED) is 0.739. The molecule has 4 atom stereocenters. The van der Waals surface area contributed by atoms with E-state index in [1.165, 1.54) is 11.3 Å². The van der Waals surface area contributed by atoms with Gasteiger partial charge in [0.05, 0.1) is 17.1 Å². The normalized spacial score (nSPS) is 26.4. The van der Waals surface area contributed by atoms with Crippen LogP contribution in [-0.2, 0) is 0 Å². The second kappa shape index (κ2) is 6.46. The summed E-state index contributed by atoms with van der Waals surface area (Å²) in [6.45, 7) is 0. The zero-order valence-corrected chi connectivity index (χ0v) is 13.0. The van der Waals surface area contributed by atoms with Crippen molar-refractivity contribution in [3.8, 4) is 0 Å². The van der Waals surface area contributed by atoms with Gasteiger partial charge in [-0.05, 0) is 49.1 Å². The van der Waals surface area contributed by atoms with Gasteiger partial charge in [0, 0.05) is 4.70 Å². The first-order chi connectivity index (χ1) is 10.5. The maximum absolute atomic E-state index is 12.3. The molecule has 2 aromatic rings. The average Bonchev–Trinajstić information content (AvgIpc) is 3.06. The van der Waals surface area contributed by atoms with Crippen molar-refractivity contribution >= 4 is 27.2 Å². The van der Waals surface area contributed by atoms with E-state index in [1.807, 2.05) is 30.3 Å². The van der Waals surface area contributed by atoms with Crippen molar-refractivity contribution in [1.29, 1.82) is 0 Å². The molecule has 22 heavy (non-hydrogen) atoms. The van der Waals surface area contributed by atoms with E-state index in [-0.39, 0.29) is 11.7 Å². The van der Waals surface area contributed by atoms with Gasteiger partial charge in [0.1, 0.15) is 6.10 Å². The standard InChI is InChI=1S/C17H20O4S/c18-12-7-10(14(20)9-12)5-6-13(19)17(21)16-8-11-3-1-2-4-15(11)22-16/h1-4,8,10,12-14,18-20H,5-7,9H2/t10?,12-,13?,14-/m1/s1. The highest BCUT2D eigenvalue weighted by molar-refractivity contribution is 7.20. The summed E-state index contributed by atoms with van der Waals surface area (Å²) in [5.74, 6) is -0.283. The minimum absolute atomic E-state index is 0.0279.